The summed E-state index contributed by atoms with van der Waals surface area (Å²) < 4.78 is 23.5. The molecule has 2 aromatic heterocycles. The first-order valence-corrected chi connectivity index (χ1v) is 7.54. The van der Waals surface area contributed by atoms with Crippen molar-refractivity contribution in [2.24, 2.45) is 0 Å². The number of aromatic amines is 1. The van der Waals surface area contributed by atoms with Gasteiger partial charge in [-0.05, 0) is 24.3 Å². The molecule has 1 N–H and O–H groups in total. The number of pyridine rings is 1. The Bertz CT molecular complexity index is 839. The minimum atomic E-state index is -3.29. The summed E-state index contributed by atoms with van der Waals surface area (Å²) in [6.07, 6.45) is 4.52. The first-order chi connectivity index (χ1) is 9.05. The number of fused-ring (bicyclic) bond motifs is 1. The van der Waals surface area contributed by atoms with Crippen LogP contribution in [0.4, 0.5) is 0 Å². The van der Waals surface area contributed by atoms with Crippen molar-refractivity contribution in [1.29, 1.82) is 0 Å². The van der Waals surface area contributed by atoms with E-state index in [-0.39, 0.29) is 4.90 Å². The van der Waals surface area contributed by atoms with Gasteiger partial charge in [-0.15, -0.1) is 0 Å². The lowest BCUT2D eigenvalue weighted by atomic mass is 10.3. The van der Waals surface area contributed by atoms with Crippen molar-refractivity contribution < 1.29 is 8.42 Å². The van der Waals surface area contributed by atoms with E-state index in [4.69, 9.17) is 0 Å². The zero-order valence-corrected chi connectivity index (χ0v) is 11.0. The molecule has 1 aromatic carbocycles. The van der Waals surface area contributed by atoms with Gasteiger partial charge in [0, 0.05) is 24.2 Å². The van der Waals surface area contributed by atoms with Crippen LogP contribution < -0.4 is 0 Å². The molecule has 0 atom stereocenters. The van der Waals surface area contributed by atoms with Crippen molar-refractivity contribution in [3.05, 3.63) is 42.7 Å². The second-order valence-corrected chi connectivity index (χ2v) is 6.23. The van der Waals surface area contributed by atoms with Gasteiger partial charge in [-0.2, -0.15) is 0 Å². The molecule has 0 saturated heterocycles. The Morgan fingerprint density at radius 3 is 2.53 bits per heavy atom. The van der Waals surface area contributed by atoms with Crippen molar-refractivity contribution in [1.82, 2.24) is 15.0 Å². The number of hydrogen-bond donors (Lipinski definition) is 1. The molecule has 0 amide bonds. The fourth-order valence-corrected chi connectivity index (χ4v) is 2.78. The highest BCUT2D eigenvalue weighted by Crippen LogP contribution is 2.24. The molecule has 0 bridgehead atoms. The third-order valence-electron chi connectivity index (χ3n) is 2.83. The molecule has 0 fully saturated rings. The molecule has 0 aliphatic carbocycles. The number of H-pyrrole nitrogens is 1. The largest absolute Gasteiger partial charge is 0.338 e. The van der Waals surface area contributed by atoms with Crippen molar-refractivity contribution in [3.63, 3.8) is 0 Å². The number of para-hydroxylation sites is 1. The molecule has 3 rings (SSSR count). The molecule has 6 heteroatoms. The average molecular weight is 273 g/mol. The Balaban J connectivity index is 2.28. The van der Waals surface area contributed by atoms with Crippen molar-refractivity contribution in [2.45, 2.75) is 4.90 Å². The van der Waals surface area contributed by atoms with Crippen LogP contribution in [0.3, 0.4) is 0 Å². The number of benzene rings is 1. The number of imidazole rings is 1. The van der Waals surface area contributed by atoms with Gasteiger partial charge in [-0.25, -0.2) is 13.4 Å². The maximum atomic E-state index is 11.7. The van der Waals surface area contributed by atoms with Gasteiger partial charge in [0.1, 0.15) is 11.3 Å². The molecule has 0 unspecified atom stereocenters. The molecule has 2 heterocycles. The number of nitrogens with one attached hydrogen (secondary N) is 1. The highest BCUT2D eigenvalue weighted by atomic mass is 32.2. The van der Waals surface area contributed by atoms with E-state index in [1.165, 1.54) is 6.26 Å². The molecule has 3 aromatic rings. The number of sulfone groups is 1. The normalized spacial score (nSPS) is 11.8. The third kappa shape index (κ3) is 2.10. The fourth-order valence-electron chi connectivity index (χ4n) is 1.95. The van der Waals surface area contributed by atoms with Crippen LogP contribution in [-0.4, -0.2) is 29.6 Å². The number of rotatable bonds is 2. The average Bonchev–Trinajstić information content (AvgIpc) is 2.82. The predicted molar refractivity (Wildman–Crippen MR) is 72.4 cm³/mol. The van der Waals surface area contributed by atoms with Crippen molar-refractivity contribution >= 4 is 20.9 Å². The minimum Gasteiger partial charge on any atom is -0.338 e. The monoisotopic (exact) mass is 273 g/mol. The quantitative estimate of drug-likeness (QED) is 0.775. The number of aromatic nitrogens is 3. The Morgan fingerprint density at radius 1 is 1.11 bits per heavy atom. The van der Waals surface area contributed by atoms with Gasteiger partial charge in [-0.3, -0.25) is 4.98 Å². The fraction of sp³-hybridized carbons (Fsp3) is 0.0769. The highest BCUT2D eigenvalue weighted by molar-refractivity contribution is 7.91. The Kier molecular flexibility index (Phi) is 2.60. The van der Waals surface area contributed by atoms with E-state index in [1.807, 2.05) is 18.2 Å². The molecule has 0 aliphatic heterocycles. The summed E-state index contributed by atoms with van der Waals surface area (Å²) in [6.45, 7) is 0. The number of hydrogen-bond acceptors (Lipinski definition) is 4. The van der Waals surface area contributed by atoms with Crippen LogP contribution >= 0.6 is 0 Å². The summed E-state index contributed by atoms with van der Waals surface area (Å²) in [5.74, 6) is 0.633. The molecule has 0 saturated carbocycles. The van der Waals surface area contributed by atoms with E-state index in [0.717, 1.165) is 5.56 Å². The molecule has 0 aliphatic rings. The Labute approximate surface area is 110 Å². The molecule has 5 nitrogen and oxygen atoms in total. The van der Waals surface area contributed by atoms with E-state index in [1.54, 1.807) is 24.5 Å². The highest BCUT2D eigenvalue weighted by Gasteiger charge is 2.15. The lowest BCUT2D eigenvalue weighted by Crippen LogP contribution is -1.97. The van der Waals surface area contributed by atoms with Crippen LogP contribution in [0.1, 0.15) is 0 Å². The summed E-state index contributed by atoms with van der Waals surface area (Å²) >= 11 is 0. The van der Waals surface area contributed by atoms with Gasteiger partial charge in [0.05, 0.1) is 10.4 Å². The zero-order chi connectivity index (χ0) is 13.5. The summed E-state index contributed by atoms with van der Waals surface area (Å²) in [5.41, 5.74) is 2.04. The predicted octanol–water partition coefficient (Wildman–Crippen LogP) is 2.03. The van der Waals surface area contributed by atoms with Gasteiger partial charge in [-0.1, -0.05) is 6.07 Å². The lowest BCUT2D eigenvalue weighted by molar-refractivity contribution is 0.602. The number of nitrogens with zero attached hydrogens (tertiary/aromatic N) is 2. The molecule has 0 radical (unpaired) electrons. The van der Waals surface area contributed by atoms with E-state index in [0.29, 0.717) is 16.9 Å². The maximum Gasteiger partial charge on any atom is 0.177 e. The van der Waals surface area contributed by atoms with Crippen LogP contribution in [0.2, 0.25) is 0 Å². The summed E-state index contributed by atoms with van der Waals surface area (Å²) in [4.78, 5) is 11.7. The minimum absolute atomic E-state index is 0.238. The molecule has 0 spiro atoms. The summed E-state index contributed by atoms with van der Waals surface area (Å²) in [6, 6.07) is 8.71. The van der Waals surface area contributed by atoms with E-state index < -0.39 is 9.84 Å². The van der Waals surface area contributed by atoms with Crippen molar-refractivity contribution in [3.8, 4) is 11.4 Å². The Morgan fingerprint density at radius 2 is 1.84 bits per heavy atom. The smallest absolute Gasteiger partial charge is 0.177 e. The van der Waals surface area contributed by atoms with Crippen LogP contribution in [0.5, 0.6) is 0 Å². The summed E-state index contributed by atoms with van der Waals surface area (Å²) in [5, 5.41) is 0. The second kappa shape index (κ2) is 4.17. The van der Waals surface area contributed by atoms with Gasteiger partial charge in [0.15, 0.2) is 9.84 Å². The maximum absolute atomic E-state index is 11.7. The lowest BCUT2D eigenvalue weighted by Gasteiger charge is -1.97. The van der Waals surface area contributed by atoms with E-state index in [9.17, 15) is 8.42 Å². The molecular formula is C13H11N3O2S. The van der Waals surface area contributed by atoms with Crippen LogP contribution in [0.25, 0.3) is 22.4 Å². The topological polar surface area (TPSA) is 75.7 Å². The Hall–Kier alpha value is -2.21. The van der Waals surface area contributed by atoms with Gasteiger partial charge < -0.3 is 4.98 Å². The van der Waals surface area contributed by atoms with Gasteiger partial charge in [0.25, 0.3) is 0 Å². The van der Waals surface area contributed by atoms with Crippen LogP contribution in [0.15, 0.2) is 47.6 Å². The zero-order valence-electron chi connectivity index (χ0n) is 10.2. The van der Waals surface area contributed by atoms with Crippen LogP contribution in [-0.2, 0) is 9.84 Å². The van der Waals surface area contributed by atoms with E-state index >= 15 is 0 Å². The standard InChI is InChI=1S/C13H11N3O2S/c1-19(17,18)11-4-2-3-10-12(11)16-13(15-10)9-5-7-14-8-6-9/h2-8H,1H3,(H,15,16). The van der Waals surface area contributed by atoms with E-state index in [2.05, 4.69) is 15.0 Å². The molecule has 19 heavy (non-hydrogen) atoms. The van der Waals surface area contributed by atoms with Gasteiger partial charge in [0.2, 0.25) is 0 Å². The second-order valence-electron chi connectivity index (χ2n) is 4.25. The third-order valence-corrected chi connectivity index (χ3v) is 3.96. The first kappa shape index (κ1) is 11.9. The first-order valence-electron chi connectivity index (χ1n) is 5.65. The van der Waals surface area contributed by atoms with Gasteiger partial charge >= 0.3 is 0 Å². The molecular weight excluding hydrogens is 262 g/mol. The summed E-state index contributed by atoms with van der Waals surface area (Å²) in [7, 11) is -3.29. The van der Waals surface area contributed by atoms with Crippen LogP contribution in [0, 0.1) is 0 Å². The SMILES string of the molecule is CS(=O)(=O)c1cccc2[nH]c(-c3ccncc3)nc12. The van der Waals surface area contributed by atoms with Crippen molar-refractivity contribution in [2.75, 3.05) is 6.26 Å². The molecule has 96 valence electrons.